The molecule has 0 aromatic carbocycles. The Morgan fingerprint density at radius 1 is 1.55 bits per heavy atom. The van der Waals surface area contributed by atoms with E-state index in [1.54, 1.807) is 11.3 Å². The molecular weight excluding hydrogens is 156 g/mol. The van der Waals surface area contributed by atoms with E-state index in [-0.39, 0.29) is 0 Å². The summed E-state index contributed by atoms with van der Waals surface area (Å²) in [4.78, 5) is 9.76. The van der Waals surface area contributed by atoms with Crippen LogP contribution in [0.2, 0.25) is 0 Å². The van der Waals surface area contributed by atoms with Gasteiger partial charge in [0.2, 0.25) is 0 Å². The van der Waals surface area contributed by atoms with Gasteiger partial charge in [0.25, 0.3) is 0 Å². The van der Waals surface area contributed by atoms with E-state index in [4.69, 9.17) is 0 Å². The van der Waals surface area contributed by atoms with E-state index in [0.717, 1.165) is 18.1 Å². The monoisotopic (exact) mass is 164 g/mol. The van der Waals surface area contributed by atoms with E-state index in [1.807, 2.05) is 24.4 Å². The normalized spacial score (nSPS) is 16.5. The summed E-state index contributed by atoms with van der Waals surface area (Å²) in [5.41, 5.74) is 1.11. The van der Waals surface area contributed by atoms with Crippen molar-refractivity contribution in [2.24, 2.45) is 9.98 Å². The Balaban J connectivity index is 2.32. The first-order valence-corrected chi connectivity index (χ1v) is 4.37. The largest absolute Gasteiger partial charge is 0.259 e. The van der Waals surface area contributed by atoms with Crippen molar-refractivity contribution in [3.8, 4) is 0 Å². The van der Waals surface area contributed by atoms with Crippen LogP contribution in [-0.2, 0) is 0 Å². The maximum Gasteiger partial charge on any atom is 0.165 e. The van der Waals surface area contributed by atoms with Crippen molar-refractivity contribution in [3.05, 3.63) is 22.4 Å². The number of rotatable bonds is 1. The van der Waals surface area contributed by atoms with Crippen LogP contribution in [0, 0.1) is 0 Å². The average Bonchev–Trinajstić information content (AvgIpc) is 2.55. The van der Waals surface area contributed by atoms with Crippen LogP contribution in [0.4, 0.5) is 0 Å². The molecule has 0 amide bonds. The molecule has 2 nitrogen and oxygen atoms in total. The number of hydrogen-bond donors (Lipinski definition) is 0. The molecule has 1 aliphatic heterocycles. The second kappa shape index (κ2) is 2.58. The molecule has 3 heteroatoms. The lowest BCUT2D eigenvalue weighted by atomic mass is 10.4. The molecule has 56 valence electrons. The van der Waals surface area contributed by atoms with E-state index < -0.39 is 0 Å². The fourth-order valence-electron chi connectivity index (χ4n) is 0.980. The van der Waals surface area contributed by atoms with Crippen LogP contribution in [0.15, 0.2) is 27.5 Å². The summed E-state index contributed by atoms with van der Waals surface area (Å²) in [7, 11) is 0. The number of nitrogens with zero attached hydrogens (tertiary/aromatic N) is 2. The van der Waals surface area contributed by atoms with Gasteiger partial charge in [-0.3, -0.25) is 4.99 Å². The second-order valence-electron chi connectivity index (χ2n) is 2.46. The van der Waals surface area contributed by atoms with Crippen LogP contribution in [0.25, 0.3) is 0 Å². The number of hydrogen-bond acceptors (Lipinski definition) is 3. The van der Waals surface area contributed by atoms with Crippen molar-refractivity contribution in [1.29, 1.82) is 0 Å². The molecule has 2 rings (SSSR count). The summed E-state index contributed by atoms with van der Waals surface area (Å²) in [6.45, 7) is 2.78. The lowest BCUT2D eigenvalue weighted by Gasteiger charge is -1.87. The molecule has 0 saturated heterocycles. The van der Waals surface area contributed by atoms with Crippen molar-refractivity contribution in [3.63, 3.8) is 0 Å². The quantitative estimate of drug-likeness (QED) is 0.606. The third-order valence-electron chi connectivity index (χ3n) is 1.50. The van der Waals surface area contributed by atoms with E-state index in [9.17, 15) is 0 Å². The van der Waals surface area contributed by atoms with Gasteiger partial charge in [-0.25, -0.2) is 4.99 Å². The molecule has 1 aromatic rings. The van der Waals surface area contributed by atoms with Crippen LogP contribution in [0.3, 0.4) is 0 Å². The summed E-state index contributed by atoms with van der Waals surface area (Å²) in [5.74, 6) is 0.900. The maximum absolute atomic E-state index is 4.31. The van der Waals surface area contributed by atoms with E-state index in [1.165, 1.54) is 4.88 Å². The van der Waals surface area contributed by atoms with E-state index in [0.29, 0.717) is 0 Å². The van der Waals surface area contributed by atoms with Gasteiger partial charge in [0, 0.05) is 5.71 Å². The number of aliphatic imine (C=N–C) groups is 2. The molecule has 0 unspecified atom stereocenters. The average molecular weight is 164 g/mol. The first-order valence-electron chi connectivity index (χ1n) is 3.49. The van der Waals surface area contributed by atoms with Gasteiger partial charge in [0.15, 0.2) is 5.84 Å². The highest BCUT2D eigenvalue weighted by molar-refractivity contribution is 7.12. The Morgan fingerprint density at radius 3 is 3.00 bits per heavy atom. The first kappa shape index (κ1) is 6.73. The molecule has 0 N–H and O–H groups in total. The molecule has 2 heterocycles. The topological polar surface area (TPSA) is 24.7 Å². The van der Waals surface area contributed by atoms with Crippen LogP contribution < -0.4 is 0 Å². The van der Waals surface area contributed by atoms with Crippen LogP contribution in [0.5, 0.6) is 0 Å². The molecule has 0 bridgehead atoms. The van der Waals surface area contributed by atoms with Gasteiger partial charge >= 0.3 is 0 Å². The van der Waals surface area contributed by atoms with Gasteiger partial charge in [-0.1, -0.05) is 6.07 Å². The summed E-state index contributed by atoms with van der Waals surface area (Å²) in [6, 6.07) is 4.07. The zero-order chi connectivity index (χ0) is 7.68. The van der Waals surface area contributed by atoms with Gasteiger partial charge in [-0.15, -0.1) is 11.3 Å². The zero-order valence-electron chi connectivity index (χ0n) is 6.24. The highest BCUT2D eigenvalue weighted by Crippen LogP contribution is 2.13. The van der Waals surface area contributed by atoms with Crippen LogP contribution in [-0.4, -0.2) is 18.1 Å². The van der Waals surface area contributed by atoms with Gasteiger partial charge < -0.3 is 0 Å². The fraction of sp³-hybridized carbons (Fsp3) is 0.250. The second-order valence-corrected chi connectivity index (χ2v) is 3.41. The molecule has 0 saturated carbocycles. The molecule has 1 aromatic heterocycles. The van der Waals surface area contributed by atoms with Gasteiger partial charge in [0.1, 0.15) is 0 Å². The van der Waals surface area contributed by atoms with E-state index >= 15 is 0 Å². The summed E-state index contributed by atoms with van der Waals surface area (Å²) < 4.78 is 0. The fourth-order valence-corrected chi connectivity index (χ4v) is 1.66. The van der Waals surface area contributed by atoms with Crippen molar-refractivity contribution in [2.45, 2.75) is 6.92 Å². The summed E-state index contributed by atoms with van der Waals surface area (Å²) in [5, 5.41) is 2.04. The summed E-state index contributed by atoms with van der Waals surface area (Å²) in [6.07, 6.45) is 0. The third kappa shape index (κ3) is 1.24. The Kier molecular flexibility index (Phi) is 1.58. The van der Waals surface area contributed by atoms with Crippen molar-refractivity contribution >= 4 is 22.9 Å². The minimum absolute atomic E-state index is 0.771. The third-order valence-corrected chi connectivity index (χ3v) is 2.36. The smallest absolute Gasteiger partial charge is 0.165 e. The minimum atomic E-state index is 0.771. The minimum Gasteiger partial charge on any atom is -0.259 e. The molecule has 11 heavy (non-hydrogen) atoms. The maximum atomic E-state index is 4.31. The lowest BCUT2D eigenvalue weighted by molar-refractivity contribution is 1.33. The van der Waals surface area contributed by atoms with Crippen molar-refractivity contribution in [2.75, 3.05) is 6.54 Å². The van der Waals surface area contributed by atoms with Gasteiger partial charge in [-0.05, 0) is 18.4 Å². The van der Waals surface area contributed by atoms with Crippen molar-refractivity contribution in [1.82, 2.24) is 0 Å². The van der Waals surface area contributed by atoms with Gasteiger partial charge in [-0.2, -0.15) is 0 Å². The molecule has 0 atom stereocenters. The highest BCUT2D eigenvalue weighted by atomic mass is 32.1. The standard InChI is InChI=1S/C8H8N2S/c1-6-5-9-8(10-6)7-3-2-4-11-7/h2-4H,5H2,1H3. The molecule has 0 spiro atoms. The van der Waals surface area contributed by atoms with Gasteiger partial charge in [0.05, 0.1) is 11.4 Å². The predicted octanol–water partition coefficient (Wildman–Crippen LogP) is 1.97. The Bertz CT molecular complexity index is 309. The Labute approximate surface area is 69.3 Å². The summed E-state index contributed by atoms with van der Waals surface area (Å²) >= 11 is 1.68. The number of thiophene rings is 1. The molecule has 0 radical (unpaired) electrons. The first-order chi connectivity index (χ1) is 5.36. The molecular formula is C8H8N2S. The number of amidine groups is 1. The Hall–Kier alpha value is -0.960. The molecule has 1 aliphatic rings. The van der Waals surface area contributed by atoms with E-state index in [2.05, 4.69) is 9.98 Å². The highest BCUT2D eigenvalue weighted by Gasteiger charge is 2.08. The molecule has 0 aliphatic carbocycles. The van der Waals surface area contributed by atoms with Crippen LogP contribution in [0.1, 0.15) is 11.8 Å². The van der Waals surface area contributed by atoms with Crippen molar-refractivity contribution < 1.29 is 0 Å². The lowest BCUT2D eigenvalue weighted by Crippen LogP contribution is -1.89. The SMILES string of the molecule is CC1=NC(c2cccs2)=NC1. The molecule has 0 fully saturated rings. The predicted molar refractivity (Wildman–Crippen MR) is 48.8 cm³/mol. The van der Waals surface area contributed by atoms with Crippen LogP contribution >= 0.6 is 11.3 Å². The zero-order valence-corrected chi connectivity index (χ0v) is 7.06. The Morgan fingerprint density at radius 2 is 2.45 bits per heavy atom.